The monoisotopic (exact) mass is 273 g/mol. The summed E-state index contributed by atoms with van der Waals surface area (Å²) in [6.45, 7) is 4.05. The van der Waals surface area contributed by atoms with Crippen LogP contribution in [0.2, 0.25) is 0 Å². The van der Waals surface area contributed by atoms with Crippen LogP contribution >= 0.6 is 0 Å². The van der Waals surface area contributed by atoms with Crippen LogP contribution in [0.4, 0.5) is 0 Å². The first-order valence-corrected chi connectivity index (χ1v) is 6.82. The molecular formula is C16H19NO3. The van der Waals surface area contributed by atoms with Gasteiger partial charge in [0.15, 0.2) is 6.10 Å². The molecule has 4 nitrogen and oxygen atoms in total. The maximum Gasteiger partial charge on any atom is 0.347 e. The molecule has 0 N–H and O–H groups in total. The average molecular weight is 273 g/mol. The quantitative estimate of drug-likeness (QED) is 0.759. The van der Waals surface area contributed by atoms with Gasteiger partial charge < -0.3 is 14.0 Å². The van der Waals surface area contributed by atoms with Crippen molar-refractivity contribution in [2.75, 3.05) is 6.61 Å². The largest absolute Gasteiger partial charge is 0.477 e. The topological polar surface area (TPSA) is 40.5 Å². The molecule has 0 aliphatic heterocycles. The molecule has 1 heterocycles. The van der Waals surface area contributed by atoms with Gasteiger partial charge in [0.05, 0.1) is 12.3 Å². The van der Waals surface area contributed by atoms with Gasteiger partial charge in [-0.05, 0) is 37.6 Å². The predicted octanol–water partition coefficient (Wildman–Crippen LogP) is 3.20. The maximum atomic E-state index is 11.8. The van der Waals surface area contributed by atoms with Crippen molar-refractivity contribution in [1.82, 2.24) is 4.57 Å². The second kappa shape index (κ2) is 6.80. The lowest BCUT2D eigenvalue weighted by molar-refractivity contribution is -0.151. The van der Waals surface area contributed by atoms with Gasteiger partial charge in [0.25, 0.3) is 0 Å². The second-order valence-electron chi connectivity index (χ2n) is 4.32. The van der Waals surface area contributed by atoms with Crippen molar-refractivity contribution in [1.29, 1.82) is 0 Å². The minimum Gasteiger partial charge on any atom is -0.477 e. The van der Waals surface area contributed by atoms with E-state index in [-0.39, 0.29) is 5.97 Å². The van der Waals surface area contributed by atoms with E-state index in [9.17, 15) is 4.79 Å². The first kappa shape index (κ1) is 14.2. The molecule has 0 saturated heterocycles. The van der Waals surface area contributed by atoms with Crippen LogP contribution in [0.25, 0.3) is 5.69 Å². The van der Waals surface area contributed by atoms with Crippen molar-refractivity contribution in [3.05, 3.63) is 48.8 Å². The molecule has 2 rings (SSSR count). The Hall–Kier alpha value is -2.23. The van der Waals surface area contributed by atoms with Gasteiger partial charge in [-0.3, -0.25) is 0 Å². The van der Waals surface area contributed by atoms with E-state index in [0.717, 1.165) is 5.69 Å². The fourth-order valence-electron chi connectivity index (χ4n) is 1.95. The first-order valence-electron chi connectivity index (χ1n) is 6.82. The number of nitrogens with zero attached hydrogens (tertiary/aromatic N) is 1. The smallest absolute Gasteiger partial charge is 0.347 e. The van der Waals surface area contributed by atoms with Crippen LogP contribution in [0.5, 0.6) is 5.75 Å². The highest BCUT2D eigenvalue weighted by Gasteiger charge is 2.20. The van der Waals surface area contributed by atoms with E-state index in [4.69, 9.17) is 9.47 Å². The average Bonchev–Trinajstić information content (AvgIpc) is 2.99. The summed E-state index contributed by atoms with van der Waals surface area (Å²) in [5.74, 6) is 0.348. The van der Waals surface area contributed by atoms with Crippen LogP contribution in [0.3, 0.4) is 0 Å². The molecule has 106 valence electrons. The van der Waals surface area contributed by atoms with E-state index in [2.05, 4.69) is 0 Å². The van der Waals surface area contributed by atoms with Crippen molar-refractivity contribution in [3.63, 3.8) is 0 Å². The van der Waals surface area contributed by atoms with Crippen molar-refractivity contribution in [2.45, 2.75) is 26.4 Å². The van der Waals surface area contributed by atoms with Crippen molar-refractivity contribution in [2.24, 2.45) is 0 Å². The Balaban J connectivity index is 2.22. The Morgan fingerprint density at radius 2 is 1.85 bits per heavy atom. The van der Waals surface area contributed by atoms with E-state index < -0.39 is 6.10 Å². The van der Waals surface area contributed by atoms with Gasteiger partial charge >= 0.3 is 5.97 Å². The third-order valence-corrected chi connectivity index (χ3v) is 2.94. The minimum absolute atomic E-state index is 0.322. The summed E-state index contributed by atoms with van der Waals surface area (Å²) in [6, 6.07) is 11.5. The first-order chi connectivity index (χ1) is 9.76. The number of rotatable bonds is 6. The van der Waals surface area contributed by atoms with E-state index >= 15 is 0 Å². The highest BCUT2D eigenvalue weighted by molar-refractivity contribution is 5.75. The van der Waals surface area contributed by atoms with Crippen molar-refractivity contribution < 1.29 is 14.3 Å². The molecule has 0 aliphatic carbocycles. The molecule has 0 bridgehead atoms. The Kier molecular flexibility index (Phi) is 4.82. The summed E-state index contributed by atoms with van der Waals surface area (Å²) in [5, 5.41) is 0. The summed E-state index contributed by atoms with van der Waals surface area (Å²) < 4.78 is 12.8. The third-order valence-electron chi connectivity index (χ3n) is 2.94. The predicted molar refractivity (Wildman–Crippen MR) is 77.1 cm³/mol. The fourth-order valence-corrected chi connectivity index (χ4v) is 1.95. The molecule has 1 unspecified atom stereocenters. The second-order valence-corrected chi connectivity index (χ2v) is 4.32. The van der Waals surface area contributed by atoms with Gasteiger partial charge in [0, 0.05) is 12.4 Å². The maximum absolute atomic E-state index is 11.8. The Labute approximate surface area is 118 Å². The number of benzene rings is 1. The standard InChI is InChI=1S/C16H19NO3/c1-3-14(16(18)19-4-2)20-15-10-6-5-9-13(15)17-11-7-8-12-17/h5-12,14H,3-4H2,1-2H3. The van der Waals surface area contributed by atoms with Crippen molar-refractivity contribution in [3.8, 4) is 11.4 Å². The lowest BCUT2D eigenvalue weighted by Crippen LogP contribution is -2.29. The summed E-state index contributed by atoms with van der Waals surface area (Å²) in [4.78, 5) is 11.8. The lowest BCUT2D eigenvalue weighted by atomic mass is 10.2. The number of carbonyl (C=O) groups is 1. The summed E-state index contributed by atoms with van der Waals surface area (Å²) >= 11 is 0. The molecule has 1 aromatic heterocycles. The Morgan fingerprint density at radius 1 is 1.15 bits per heavy atom. The van der Waals surface area contributed by atoms with Crippen LogP contribution in [-0.2, 0) is 9.53 Å². The Bertz CT molecular complexity index is 549. The van der Waals surface area contributed by atoms with E-state index in [1.165, 1.54) is 0 Å². The Morgan fingerprint density at radius 3 is 2.50 bits per heavy atom. The van der Waals surface area contributed by atoms with Crippen LogP contribution in [0.1, 0.15) is 20.3 Å². The molecule has 0 amide bonds. The number of ether oxygens (including phenoxy) is 2. The van der Waals surface area contributed by atoms with Gasteiger partial charge in [-0.1, -0.05) is 19.1 Å². The van der Waals surface area contributed by atoms with Crippen LogP contribution < -0.4 is 4.74 Å². The number of carbonyl (C=O) groups excluding carboxylic acids is 1. The molecule has 0 fully saturated rings. The van der Waals surface area contributed by atoms with Gasteiger partial charge in [-0.15, -0.1) is 0 Å². The molecule has 0 aliphatic rings. The zero-order valence-corrected chi connectivity index (χ0v) is 11.8. The highest BCUT2D eigenvalue weighted by atomic mass is 16.6. The molecule has 1 atom stereocenters. The zero-order chi connectivity index (χ0) is 14.4. The number of hydrogen-bond donors (Lipinski definition) is 0. The highest BCUT2D eigenvalue weighted by Crippen LogP contribution is 2.24. The van der Waals surface area contributed by atoms with Gasteiger partial charge in [-0.25, -0.2) is 4.79 Å². The van der Waals surface area contributed by atoms with Crippen LogP contribution in [0.15, 0.2) is 48.8 Å². The summed E-state index contributed by atoms with van der Waals surface area (Å²) in [7, 11) is 0. The van der Waals surface area contributed by atoms with E-state index in [1.807, 2.05) is 60.3 Å². The molecule has 1 aromatic carbocycles. The summed E-state index contributed by atoms with van der Waals surface area (Å²) in [5.41, 5.74) is 0.903. The zero-order valence-electron chi connectivity index (χ0n) is 11.8. The minimum atomic E-state index is -0.577. The van der Waals surface area contributed by atoms with Gasteiger partial charge in [0.1, 0.15) is 5.75 Å². The third kappa shape index (κ3) is 3.20. The molecule has 2 aromatic rings. The van der Waals surface area contributed by atoms with Gasteiger partial charge in [-0.2, -0.15) is 0 Å². The number of para-hydroxylation sites is 2. The van der Waals surface area contributed by atoms with E-state index in [0.29, 0.717) is 18.8 Å². The molecular weight excluding hydrogens is 254 g/mol. The number of hydrogen-bond acceptors (Lipinski definition) is 3. The molecule has 0 radical (unpaired) electrons. The van der Waals surface area contributed by atoms with Gasteiger partial charge in [0.2, 0.25) is 0 Å². The number of aromatic nitrogens is 1. The van der Waals surface area contributed by atoms with Crippen LogP contribution in [-0.4, -0.2) is 23.2 Å². The molecule has 20 heavy (non-hydrogen) atoms. The number of esters is 1. The fraction of sp³-hybridized carbons (Fsp3) is 0.312. The van der Waals surface area contributed by atoms with E-state index in [1.54, 1.807) is 6.92 Å². The SMILES string of the molecule is CCOC(=O)C(CC)Oc1ccccc1-n1cccc1. The molecule has 0 saturated carbocycles. The summed E-state index contributed by atoms with van der Waals surface area (Å²) in [6.07, 6.45) is 3.87. The molecule has 0 spiro atoms. The van der Waals surface area contributed by atoms with Crippen molar-refractivity contribution >= 4 is 5.97 Å². The molecule has 4 heteroatoms. The lowest BCUT2D eigenvalue weighted by Gasteiger charge is -2.18. The normalized spacial score (nSPS) is 11.9. The van der Waals surface area contributed by atoms with Crippen LogP contribution in [0, 0.1) is 0 Å².